The minimum Gasteiger partial charge on any atom is -0.389 e. The second kappa shape index (κ2) is 5.62. The van der Waals surface area contributed by atoms with Crippen LogP contribution in [0.1, 0.15) is 19.4 Å². The van der Waals surface area contributed by atoms with Gasteiger partial charge in [0.2, 0.25) is 0 Å². The molecule has 1 atom stereocenters. The normalized spacial score (nSPS) is 14.8. The van der Waals surface area contributed by atoms with Crippen LogP contribution in [-0.2, 0) is 6.42 Å². The number of hydrogen-bond acceptors (Lipinski definition) is 2. The van der Waals surface area contributed by atoms with E-state index in [0.717, 1.165) is 6.54 Å². The SMILES string of the molecule is CCNCC(C)(O)Cc1cc(Cl)ccc1F. The molecule has 0 fully saturated rings. The van der Waals surface area contributed by atoms with E-state index in [4.69, 9.17) is 11.6 Å². The Morgan fingerprint density at radius 3 is 2.81 bits per heavy atom. The zero-order valence-electron chi connectivity index (χ0n) is 9.56. The molecule has 1 unspecified atom stereocenters. The predicted octanol–water partition coefficient (Wildman–Crippen LogP) is 2.38. The van der Waals surface area contributed by atoms with E-state index in [1.807, 2.05) is 6.92 Å². The Labute approximate surface area is 100 Å². The second-order valence-corrected chi connectivity index (χ2v) is 4.63. The van der Waals surface area contributed by atoms with Crippen molar-refractivity contribution < 1.29 is 9.50 Å². The molecule has 0 aromatic heterocycles. The number of rotatable bonds is 5. The summed E-state index contributed by atoms with van der Waals surface area (Å²) >= 11 is 5.79. The fourth-order valence-electron chi connectivity index (χ4n) is 1.55. The first kappa shape index (κ1) is 13.4. The molecule has 16 heavy (non-hydrogen) atoms. The Morgan fingerprint density at radius 2 is 2.19 bits per heavy atom. The van der Waals surface area contributed by atoms with Crippen LogP contribution in [0, 0.1) is 5.82 Å². The first-order chi connectivity index (χ1) is 7.44. The Bertz CT molecular complexity index is 355. The summed E-state index contributed by atoms with van der Waals surface area (Å²) < 4.78 is 13.4. The first-order valence-electron chi connectivity index (χ1n) is 5.31. The molecule has 2 nitrogen and oxygen atoms in total. The Kier molecular flexibility index (Phi) is 4.71. The highest BCUT2D eigenvalue weighted by Gasteiger charge is 2.22. The van der Waals surface area contributed by atoms with Crippen LogP contribution in [0.3, 0.4) is 0 Å². The third kappa shape index (κ3) is 4.08. The summed E-state index contributed by atoms with van der Waals surface area (Å²) in [5.74, 6) is -0.332. The van der Waals surface area contributed by atoms with Gasteiger partial charge in [0.1, 0.15) is 5.82 Å². The van der Waals surface area contributed by atoms with E-state index in [-0.39, 0.29) is 12.2 Å². The Morgan fingerprint density at radius 1 is 1.50 bits per heavy atom. The van der Waals surface area contributed by atoms with Gasteiger partial charge in [-0.3, -0.25) is 0 Å². The molecule has 1 aromatic rings. The highest BCUT2D eigenvalue weighted by Crippen LogP contribution is 2.19. The topological polar surface area (TPSA) is 32.3 Å². The van der Waals surface area contributed by atoms with Gasteiger partial charge in [-0.2, -0.15) is 0 Å². The minimum absolute atomic E-state index is 0.242. The summed E-state index contributed by atoms with van der Waals surface area (Å²) in [6.45, 7) is 4.83. The van der Waals surface area contributed by atoms with E-state index >= 15 is 0 Å². The lowest BCUT2D eigenvalue weighted by Gasteiger charge is -2.23. The smallest absolute Gasteiger partial charge is 0.126 e. The van der Waals surface area contributed by atoms with Gasteiger partial charge in [-0.25, -0.2) is 4.39 Å². The molecular weight excluding hydrogens is 229 g/mol. The maximum atomic E-state index is 13.4. The van der Waals surface area contributed by atoms with Gasteiger partial charge >= 0.3 is 0 Å². The minimum atomic E-state index is -0.971. The van der Waals surface area contributed by atoms with E-state index in [1.165, 1.54) is 12.1 Å². The van der Waals surface area contributed by atoms with Gasteiger partial charge in [0.05, 0.1) is 5.60 Å². The van der Waals surface area contributed by atoms with Crippen LogP contribution >= 0.6 is 11.6 Å². The van der Waals surface area contributed by atoms with Crippen molar-refractivity contribution in [3.8, 4) is 0 Å². The first-order valence-corrected chi connectivity index (χ1v) is 5.69. The molecule has 0 aliphatic rings. The molecule has 0 radical (unpaired) electrons. The van der Waals surface area contributed by atoms with Gasteiger partial charge in [-0.05, 0) is 37.2 Å². The van der Waals surface area contributed by atoms with Crippen molar-refractivity contribution in [2.45, 2.75) is 25.9 Å². The quantitative estimate of drug-likeness (QED) is 0.835. The molecule has 0 saturated heterocycles. The fourth-order valence-corrected chi connectivity index (χ4v) is 1.74. The van der Waals surface area contributed by atoms with Gasteiger partial charge < -0.3 is 10.4 Å². The molecule has 90 valence electrons. The van der Waals surface area contributed by atoms with Crippen molar-refractivity contribution in [3.63, 3.8) is 0 Å². The Hall–Kier alpha value is -0.640. The molecule has 4 heteroatoms. The number of benzene rings is 1. The average Bonchev–Trinajstić information content (AvgIpc) is 2.20. The van der Waals surface area contributed by atoms with Crippen LogP contribution in [0.4, 0.5) is 4.39 Å². The Balaban J connectivity index is 2.74. The van der Waals surface area contributed by atoms with Crippen LogP contribution in [0.15, 0.2) is 18.2 Å². The third-order valence-corrected chi connectivity index (χ3v) is 2.57. The van der Waals surface area contributed by atoms with Gasteiger partial charge in [-0.15, -0.1) is 0 Å². The van der Waals surface area contributed by atoms with E-state index in [1.54, 1.807) is 13.0 Å². The molecule has 1 aromatic carbocycles. The summed E-state index contributed by atoms with van der Waals surface area (Å²) in [5.41, 5.74) is -0.531. The van der Waals surface area contributed by atoms with Gasteiger partial charge in [-0.1, -0.05) is 18.5 Å². The summed E-state index contributed by atoms with van der Waals surface area (Å²) in [5, 5.41) is 13.6. The highest BCUT2D eigenvalue weighted by molar-refractivity contribution is 6.30. The lowest BCUT2D eigenvalue weighted by atomic mass is 9.96. The van der Waals surface area contributed by atoms with Crippen LogP contribution in [0.2, 0.25) is 5.02 Å². The molecule has 1 rings (SSSR count). The zero-order chi connectivity index (χ0) is 12.2. The van der Waals surface area contributed by atoms with E-state index < -0.39 is 5.60 Å². The largest absolute Gasteiger partial charge is 0.389 e. The van der Waals surface area contributed by atoms with Gasteiger partial charge in [0.25, 0.3) is 0 Å². The second-order valence-electron chi connectivity index (χ2n) is 4.19. The molecule has 2 N–H and O–H groups in total. The molecule has 0 aliphatic carbocycles. The predicted molar refractivity (Wildman–Crippen MR) is 64.3 cm³/mol. The average molecular weight is 246 g/mol. The number of halogens is 2. The lowest BCUT2D eigenvalue weighted by Crippen LogP contribution is -2.39. The number of hydrogen-bond donors (Lipinski definition) is 2. The van der Waals surface area contributed by atoms with Crippen molar-refractivity contribution in [2.75, 3.05) is 13.1 Å². The van der Waals surface area contributed by atoms with Gasteiger partial charge in [0.15, 0.2) is 0 Å². The van der Waals surface area contributed by atoms with Crippen LogP contribution in [0.25, 0.3) is 0 Å². The van der Waals surface area contributed by atoms with Crippen LogP contribution < -0.4 is 5.32 Å². The van der Waals surface area contributed by atoms with Crippen molar-refractivity contribution >= 4 is 11.6 Å². The maximum absolute atomic E-state index is 13.4. The summed E-state index contributed by atoms with van der Waals surface area (Å²) in [4.78, 5) is 0. The molecular formula is C12H17ClFNO. The lowest BCUT2D eigenvalue weighted by molar-refractivity contribution is 0.0599. The number of likely N-dealkylation sites (N-methyl/N-ethyl adjacent to an activating group) is 1. The van der Waals surface area contributed by atoms with Crippen molar-refractivity contribution in [1.29, 1.82) is 0 Å². The maximum Gasteiger partial charge on any atom is 0.126 e. The van der Waals surface area contributed by atoms with Crippen molar-refractivity contribution in [2.24, 2.45) is 0 Å². The summed E-state index contributed by atoms with van der Waals surface area (Å²) in [6, 6.07) is 4.37. The number of aliphatic hydroxyl groups is 1. The standard InChI is InChI=1S/C12H17ClFNO/c1-3-15-8-12(2,16)7-9-6-10(13)4-5-11(9)14/h4-6,15-16H,3,7-8H2,1-2H3. The molecule has 0 amide bonds. The summed E-state index contributed by atoms with van der Waals surface area (Å²) in [6.07, 6.45) is 0.242. The summed E-state index contributed by atoms with van der Waals surface area (Å²) in [7, 11) is 0. The third-order valence-electron chi connectivity index (χ3n) is 2.33. The van der Waals surface area contributed by atoms with Crippen LogP contribution in [-0.4, -0.2) is 23.8 Å². The monoisotopic (exact) mass is 245 g/mol. The molecule has 0 spiro atoms. The fraction of sp³-hybridized carbons (Fsp3) is 0.500. The highest BCUT2D eigenvalue weighted by atomic mass is 35.5. The van der Waals surface area contributed by atoms with Gasteiger partial charge in [0, 0.05) is 18.0 Å². The molecule has 0 saturated carbocycles. The van der Waals surface area contributed by atoms with Crippen molar-refractivity contribution in [3.05, 3.63) is 34.6 Å². The number of nitrogens with one attached hydrogen (secondary N) is 1. The van der Waals surface area contributed by atoms with E-state index in [0.29, 0.717) is 17.1 Å². The molecule has 0 bridgehead atoms. The van der Waals surface area contributed by atoms with Crippen molar-refractivity contribution in [1.82, 2.24) is 5.32 Å². The van der Waals surface area contributed by atoms with E-state index in [9.17, 15) is 9.50 Å². The molecule has 0 aliphatic heterocycles. The zero-order valence-corrected chi connectivity index (χ0v) is 10.3. The van der Waals surface area contributed by atoms with Crippen LogP contribution in [0.5, 0.6) is 0 Å². The molecule has 0 heterocycles. The van der Waals surface area contributed by atoms with E-state index in [2.05, 4.69) is 5.32 Å².